The fraction of sp³-hybridized carbons (Fsp3) is 0.300. The fourth-order valence-electron chi connectivity index (χ4n) is 2.95. The van der Waals surface area contributed by atoms with Gasteiger partial charge in [0.05, 0.1) is 25.8 Å². The van der Waals surface area contributed by atoms with E-state index in [9.17, 15) is 9.59 Å². The highest BCUT2D eigenvalue weighted by molar-refractivity contribution is 7.99. The third kappa shape index (κ3) is 4.54. The lowest BCUT2D eigenvalue weighted by molar-refractivity contribution is 0.0600. The Kier molecular flexibility index (Phi) is 6.24. The molecule has 0 unspecified atom stereocenters. The molecule has 1 aliphatic rings. The number of urea groups is 1. The number of anilines is 1. The standard InChI is InChI=1S/C20H22N2O4S/c1-25-17-9-5-14(6-10-17)18-13-27-12-11-22(18)20(24)21-16-7-3-15(4-8-16)19(23)26-2/h3-10,18H,11-13H2,1-2H3,(H,21,24)/t18-/m1/s1. The molecule has 0 aliphatic carbocycles. The number of carbonyl (C=O) groups excluding carboxylic acids is 2. The van der Waals surface area contributed by atoms with E-state index >= 15 is 0 Å². The van der Waals surface area contributed by atoms with Gasteiger partial charge in [0.15, 0.2) is 0 Å². The van der Waals surface area contributed by atoms with Crippen LogP contribution in [0.4, 0.5) is 10.5 Å². The van der Waals surface area contributed by atoms with Crippen molar-refractivity contribution in [3.8, 4) is 5.75 Å². The van der Waals surface area contributed by atoms with Gasteiger partial charge in [0.1, 0.15) is 5.75 Å². The smallest absolute Gasteiger partial charge is 0.337 e. The highest BCUT2D eigenvalue weighted by Gasteiger charge is 2.28. The minimum Gasteiger partial charge on any atom is -0.497 e. The van der Waals surface area contributed by atoms with Gasteiger partial charge in [-0.15, -0.1) is 0 Å². The minimum absolute atomic E-state index is 0.00370. The molecule has 142 valence electrons. The molecule has 6 nitrogen and oxygen atoms in total. The number of esters is 1. The number of hydrogen-bond acceptors (Lipinski definition) is 5. The van der Waals surface area contributed by atoms with Gasteiger partial charge < -0.3 is 19.7 Å². The molecule has 1 heterocycles. The van der Waals surface area contributed by atoms with E-state index in [1.807, 2.05) is 40.9 Å². The van der Waals surface area contributed by atoms with Crippen molar-refractivity contribution in [2.24, 2.45) is 0 Å². The summed E-state index contributed by atoms with van der Waals surface area (Å²) < 4.78 is 9.90. The summed E-state index contributed by atoms with van der Waals surface area (Å²) in [4.78, 5) is 26.2. The van der Waals surface area contributed by atoms with Crippen LogP contribution in [0.1, 0.15) is 22.0 Å². The van der Waals surface area contributed by atoms with Crippen molar-refractivity contribution in [3.63, 3.8) is 0 Å². The van der Waals surface area contributed by atoms with Gasteiger partial charge in [0.2, 0.25) is 0 Å². The molecule has 0 radical (unpaired) electrons. The van der Waals surface area contributed by atoms with Crippen molar-refractivity contribution < 1.29 is 19.1 Å². The Balaban J connectivity index is 1.72. The summed E-state index contributed by atoms with van der Waals surface area (Å²) in [6.07, 6.45) is 0. The number of thioether (sulfide) groups is 1. The normalized spacial score (nSPS) is 16.5. The van der Waals surface area contributed by atoms with Crippen LogP contribution in [0.2, 0.25) is 0 Å². The molecule has 1 aliphatic heterocycles. The van der Waals surface area contributed by atoms with Crippen molar-refractivity contribution in [2.45, 2.75) is 6.04 Å². The first kappa shape index (κ1) is 19.1. The number of nitrogens with zero attached hydrogens (tertiary/aromatic N) is 1. The van der Waals surface area contributed by atoms with Crippen LogP contribution in [0.3, 0.4) is 0 Å². The van der Waals surface area contributed by atoms with Crippen LogP contribution in [0, 0.1) is 0 Å². The van der Waals surface area contributed by atoms with Gasteiger partial charge in [-0.25, -0.2) is 9.59 Å². The number of methoxy groups -OCH3 is 2. The Bertz CT molecular complexity index is 793. The average Bonchev–Trinajstić information content (AvgIpc) is 2.73. The molecule has 0 bridgehead atoms. The molecule has 0 saturated carbocycles. The second-order valence-electron chi connectivity index (χ2n) is 6.06. The van der Waals surface area contributed by atoms with Crippen LogP contribution < -0.4 is 10.1 Å². The van der Waals surface area contributed by atoms with Gasteiger partial charge in [-0.2, -0.15) is 11.8 Å². The maximum absolute atomic E-state index is 12.8. The molecular formula is C20H22N2O4S. The largest absolute Gasteiger partial charge is 0.497 e. The summed E-state index contributed by atoms with van der Waals surface area (Å²) in [5.41, 5.74) is 2.17. The molecular weight excluding hydrogens is 364 g/mol. The lowest BCUT2D eigenvalue weighted by atomic mass is 10.1. The summed E-state index contributed by atoms with van der Waals surface area (Å²) >= 11 is 1.84. The second kappa shape index (κ2) is 8.81. The predicted octanol–water partition coefficient (Wildman–Crippen LogP) is 3.80. The van der Waals surface area contributed by atoms with Gasteiger partial charge in [-0.1, -0.05) is 12.1 Å². The zero-order valence-electron chi connectivity index (χ0n) is 15.3. The third-order valence-corrected chi connectivity index (χ3v) is 5.47. The molecule has 0 aromatic heterocycles. The van der Waals surface area contributed by atoms with Crippen LogP contribution in [0.5, 0.6) is 5.75 Å². The van der Waals surface area contributed by atoms with Gasteiger partial charge in [-0.05, 0) is 42.0 Å². The number of nitrogens with one attached hydrogen (secondary N) is 1. The van der Waals surface area contributed by atoms with E-state index in [2.05, 4.69) is 10.1 Å². The summed E-state index contributed by atoms with van der Waals surface area (Å²) in [6.45, 7) is 0.674. The van der Waals surface area contributed by atoms with E-state index in [1.54, 1.807) is 31.4 Å². The zero-order valence-corrected chi connectivity index (χ0v) is 16.1. The Labute approximate surface area is 162 Å². The SMILES string of the molecule is COC(=O)c1ccc(NC(=O)N2CCSC[C@@H]2c2ccc(OC)cc2)cc1. The highest BCUT2D eigenvalue weighted by atomic mass is 32.2. The lowest BCUT2D eigenvalue weighted by Gasteiger charge is -2.35. The topological polar surface area (TPSA) is 67.9 Å². The number of carbonyl (C=O) groups is 2. The number of rotatable bonds is 4. The molecule has 1 saturated heterocycles. The fourth-order valence-corrected chi connectivity index (χ4v) is 4.04. The van der Waals surface area contributed by atoms with Crippen molar-refractivity contribution >= 4 is 29.4 Å². The van der Waals surface area contributed by atoms with Gasteiger partial charge in [0, 0.05) is 23.7 Å². The number of ether oxygens (including phenoxy) is 2. The van der Waals surface area contributed by atoms with Crippen molar-refractivity contribution in [1.82, 2.24) is 4.90 Å². The predicted molar refractivity (Wildman–Crippen MR) is 107 cm³/mol. The first-order valence-corrected chi connectivity index (χ1v) is 9.75. The van der Waals surface area contributed by atoms with Gasteiger partial charge >= 0.3 is 12.0 Å². The first-order valence-electron chi connectivity index (χ1n) is 8.60. The Morgan fingerprint density at radius 2 is 1.78 bits per heavy atom. The van der Waals surface area contributed by atoms with E-state index in [0.717, 1.165) is 22.8 Å². The Morgan fingerprint density at radius 1 is 1.07 bits per heavy atom. The minimum atomic E-state index is -0.402. The van der Waals surface area contributed by atoms with Crippen molar-refractivity contribution in [1.29, 1.82) is 0 Å². The second-order valence-corrected chi connectivity index (χ2v) is 7.21. The quantitative estimate of drug-likeness (QED) is 0.810. The molecule has 0 spiro atoms. The molecule has 7 heteroatoms. The molecule has 2 amide bonds. The Morgan fingerprint density at radius 3 is 2.41 bits per heavy atom. The molecule has 3 rings (SSSR count). The van der Waals surface area contributed by atoms with E-state index in [4.69, 9.17) is 4.74 Å². The highest BCUT2D eigenvalue weighted by Crippen LogP contribution is 2.31. The molecule has 1 N–H and O–H groups in total. The van der Waals surface area contributed by atoms with Crippen molar-refractivity contribution in [3.05, 3.63) is 59.7 Å². The number of hydrogen-bond donors (Lipinski definition) is 1. The van der Waals surface area contributed by atoms with Crippen LogP contribution in [-0.2, 0) is 4.74 Å². The van der Waals surface area contributed by atoms with E-state index < -0.39 is 5.97 Å². The summed E-state index contributed by atoms with van der Waals surface area (Å²) in [7, 11) is 2.97. The number of amides is 2. The van der Waals surface area contributed by atoms with Crippen LogP contribution >= 0.6 is 11.8 Å². The molecule has 27 heavy (non-hydrogen) atoms. The summed E-state index contributed by atoms with van der Waals surface area (Å²) in [6, 6.07) is 14.3. The van der Waals surface area contributed by atoms with Crippen LogP contribution in [-0.4, -0.2) is 49.2 Å². The maximum atomic E-state index is 12.8. The van der Waals surface area contributed by atoms with Crippen LogP contribution in [0.25, 0.3) is 0 Å². The molecule has 1 fully saturated rings. The monoisotopic (exact) mass is 386 g/mol. The van der Waals surface area contributed by atoms with E-state index in [-0.39, 0.29) is 12.1 Å². The first-order chi connectivity index (χ1) is 13.1. The molecule has 1 atom stereocenters. The zero-order chi connectivity index (χ0) is 19.2. The van der Waals surface area contributed by atoms with E-state index in [1.165, 1.54) is 7.11 Å². The molecule has 2 aromatic carbocycles. The van der Waals surface area contributed by atoms with Crippen LogP contribution in [0.15, 0.2) is 48.5 Å². The van der Waals surface area contributed by atoms with Crippen molar-refractivity contribution in [2.75, 3.05) is 37.6 Å². The summed E-state index contributed by atoms with van der Waals surface area (Å²) in [5.74, 6) is 2.15. The Hall–Kier alpha value is -2.67. The average molecular weight is 386 g/mol. The summed E-state index contributed by atoms with van der Waals surface area (Å²) in [5, 5.41) is 2.92. The molecule has 2 aromatic rings. The van der Waals surface area contributed by atoms with E-state index in [0.29, 0.717) is 17.8 Å². The third-order valence-electron chi connectivity index (χ3n) is 4.45. The lowest BCUT2D eigenvalue weighted by Crippen LogP contribution is -2.43. The van der Waals surface area contributed by atoms with Gasteiger partial charge in [0.25, 0.3) is 0 Å². The van der Waals surface area contributed by atoms with Gasteiger partial charge in [-0.3, -0.25) is 0 Å². The number of benzene rings is 2. The maximum Gasteiger partial charge on any atom is 0.337 e.